The molecule has 0 amide bonds. The first-order valence-electron chi connectivity index (χ1n) is 6.12. The summed E-state index contributed by atoms with van der Waals surface area (Å²) in [7, 11) is -1.92. The molecule has 0 aliphatic heterocycles. The summed E-state index contributed by atoms with van der Waals surface area (Å²) >= 11 is 5.77. The summed E-state index contributed by atoms with van der Waals surface area (Å²) in [5, 5.41) is 0.514. The zero-order chi connectivity index (χ0) is 14.6. The van der Waals surface area contributed by atoms with Gasteiger partial charge < -0.3 is 0 Å². The molecule has 0 fully saturated rings. The number of hydrogen-bond acceptors (Lipinski definition) is 3. The van der Waals surface area contributed by atoms with Crippen molar-refractivity contribution in [2.75, 3.05) is 13.6 Å². The summed E-state index contributed by atoms with van der Waals surface area (Å²) in [6, 6.07) is 11.8. The van der Waals surface area contributed by atoms with Crippen LogP contribution in [0.1, 0.15) is 5.69 Å². The normalized spacial score (nSPS) is 11.8. The SMILES string of the molecule is CN(CCc1ccccn1)S(=O)(=O)c1ccc(Cl)cc1. The number of nitrogens with zero attached hydrogens (tertiary/aromatic N) is 2. The fraction of sp³-hybridized carbons (Fsp3) is 0.214. The van der Waals surface area contributed by atoms with Crippen LogP contribution in [0.5, 0.6) is 0 Å². The lowest BCUT2D eigenvalue weighted by atomic mass is 10.3. The van der Waals surface area contributed by atoms with Crippen LogP contribution in [0.15, 0.2) is 53.6 Å². The minimum absolute atomic E-state index is 0.241. The Morgan fingerprint density at radius 2 is 1.85 bits per heavy atom. The summed E-state index contributed by atoms with van der Waals surface area (Å²) in [6.45, 7) is 0.377. The molecule has 0 aliphatic rings. The van der Waals surface area contributed by atoms with Gasteiger partial charge in [-0.15, -0.1) is 0 Å². The van der Waals surface area contributed by atoms with Crippen molar-refractivity contribution in [2.24, 2.45) is 0 Å². The van der Waals surface area contributed by atoms with Crippen LogP contribution in [0.3, 0.4) is 0 Å². The van der Waals surface area contributed by atoms with Gasteiger partial charge in [-0.1, -0.05) is 17.7 Å². The standard InChI is InChI=1S/C14H15ClN2O2S/c1-17(11-9-13-4-2-3-10-16-13)20(18,19)14-7-5-12(15)6-8-14/h2-8,10H,9,11H2,1H3. The van der Waals surface area contributed by atoms with Crippen LogP contribution in [0.2, 0.25) is 5.02 Å². The van der Waals surface area contributed by atoms with Crippen LogP contribution in [0.25, 0.3) is 0 Å². The summed E-state index contributed by atoms with van der Waals surface area (Å²) < 4.78 is 26.0. The first-order chi connectivity index (χ1) is 9.50. The molecule has 0 unspecified atom stereocenters. The van der Waals surface area contributed by atoms with Crippen molar-refractivity contribution in [2.45, 2.75) is 11.3 Å². The number of aromatic nitrogens is 1. The average Bonchev–Trinajstić information content (AvgIpc) is 2.46. The van der Waals surface area contributed by atoms with Crippen LogP contribution in [0, 0.1) is 0 Å². The van der Waals surface area contributed by atoms with Crippen LogP contribution in [0.4, 0.5) is 0 Å². The molecule has 0 aliphatic carbocycles. The second-order valence-electron chi connectivity index (χ2n) is 4.35. The predicted molar refractivity (Wildman–Crippen MR) is 79.2 cm³/mol. The molecular weight excluding hydrogens is 296 g/mol. The lowest BCUT2D eigenvalue weighted by Crippen LogP contribution is -2.29. The van der Waals surface area contributed by atoms with Gasteiger partial charge in [0.25, 0.3) is 0 Å². The van der Waals surface area contributed by atoms with Gasteiger partial charge in [0.05, 0.1) is 4.90 Å². The van der Waals surface area contributed by atoms with Crippen molar-refractivity contribution in [3.05, 3.63) is 59.4 Å². The highest BCUT2D eigenvalue weighted by Crippen LogP contribution is 2.17. The Balaban J connectivity index is 2.08. The van der Waals surface area contributed by atoms with Gasteiger partial charge in [0, 0.05) is 36.9 Å². The summed E-state index contributed by atoms with van der Waals surface area (Å²) in [5.41, 5.74) is 0.866. The smallest absolute Gasteiger partial charge is 0.242 e. The number of rotatable bonds is 5. The zero-order valence-electron chi connectivity index (χ0n) is 11.0. The maximum Gasteiger partial charge on any atom is 0.242 e. The van der Waals surface area contributed by atoms with Crippen LogP contribution in [-0.4, -0.2) is 31.3 Å². The van der Waals surface area contributed by atoms with E-state index >= 15 is 0 Å². The molecule has 0 spiro atoms. The minimum Gasteiger partial charge on any atom is -0.261 e. The highest BCUT2D eigenvalue weighted by Gasteiger charge is 2.20. The van der Waals surface area contributed by atoms with E-state index in [1.807, 2.05) is 18.2 Å². The van der Waals surface area contributed by atoms with E-state index < -0.39 is 10.0 Å². The lowest BCUT2D eigenvalue weighted by Gasteiger charge is -2.17. The topological polar surface area (TPSA) is 50.3 Å². The molecule has 6 heteroatoms. The minimum atomic E-state index is -3.48. The number of benzene rings is 1. The molecule has 106 valence electrons. The number of pyridine rings is 1. The molecule has 0 radical (unpaired) electrons. The van der Waals surface area contributed by atoms with E-state index in [9.17, 15) is 8.42 Å². The lowest BCUT2D eigenvalue weighted by molar-refractivity contribution is 0.471. The maximum absolute atomic E-state index is 12.3. The van der Waals surface area contributed by atoms with Gasteiger partial charge in [0.15, 0.2) is 0 Å². The number of likely N-dealkylation sites (N-methyl/N-ethyl adjacent to an activating group) is 1. The third kappa shape index (κ3) is 3.56. The van der Waals surface area contributed by atoms with Gasteiger partial charge in [-0.2, -0.15) is 0 Å². The Bertz CT molecular complexity index is 657. The van der Waals surface area contributed by atoms with E-state index in [4.69, 9.17) is 11.6 Å². The quantitative estimate of drug-likeness (QED) is 0.853. The molecule has 0 bridgehead atoms. The first kappa shape index (κ1) is 15.0. The van der Waals surface area contributed by atoms with E-state index in [2.05, 4.69) is 4.98 Å². The van der Waals surface area contributed by atoms with Crippen molar-refractivity contribution >= 4 is 21.6 Å². The zero-order valence-corrected chi connectivity index (χ0v) is 12.6. The van der Waals surface area contributed by atoms with Gasteiger partial charge in [0.2, 0.25) is 10.0 Å². The third-order valence-electron chi connectivity index (χ3n) is 2.93. The van der Waals surface area contributed by atoms with Gasteiger partial charge in [-0.3, -0.25) is 4.98 Å². The van der Waals surface area contributed by atoms with E-state index in [0.29, 0.717) is 18.0 Å². The van der Waals surface area contributed by atoms with Crippen LogP contribution in [-0.2, 0) is 16.4 Å². The van der Waals surface area contributed by atoms with Crippen molar-refractivity contribution in [3.63, 3.8) is 0 Å². The number of hydrogen-bond donors (Lipinski definition) is 0. The van der Waals surface area contributed by atoms with Crippen molar-refractivity contribution < 1.29 is 8.42 Å². The summed E-state index contributed by atoms with van der Waals surface area (Å²) in [5.74, 6) is 0. The molecule has 0 N–H and O–H groups in total. The van der Waals surface area contributed by atoms with Crippen molar-refractivity contribution in [3.8, 4) is 0 Å². The second-order valence-corrected chi connectivity index (χ2v) is 6.83. The Kier molecular flexibility index (Phi) is 4.75. The highest BCUT2D eigenvalue weighted by atomic mass is 35.5. The van der Waals surface area contributed by atoms with Gasteiger partial charge >= 0.3 is 0 Å². The van der Waals surface area contributed by atoms with Crippen molar-refractivity contribution in [1.82, 2.24) is 9.29 Å². The largest absolute Gasteiger partial charge is 0.261 e. The molecule has 20 heavy (non-hydrogen) atoms. The number of halogens is 1. The molecule has 2 rings (SSSR count). The molecule has 1 heterocycles. The van der Waals surface area contributed by atoms with Crippen LogP contribution >= 0.6 is 11.6 Å². The molecule has 4 nitrogen and oxygen atoms in total. The Morgan fingerprint density at radius 3 is 2.45 bits per heavy atom. The fourth-order valence-electron chi connectivity index (χ4n) is 1.72. The molecule has 2 aromatic rings. The van der Waals surface area contributed by atoms with E-state index in [1.165, 1.54) is 16.4 Å². The Hall–Kier alpha value is -1.43. The second kappa shape index (κ2) is 6.35. The van der Waals surface area contributed by atoms with Gasteiger partial charge in [-0.25, -0.2) is 12.7 Å². The summed E-state index contributed by atoms with van der Waals surface area (Å²) in [6.07, 6.45) is 2.27. The van der Waals surface area contributed by atoms with Gasteiger partial charge in [0.1, 0.15) is 0 Å². The first-order valence-corrected chi connectivity index (χ1v) is 7.94. The Morgan fingerprint density at radius 1 is 1.15 bits per heavy atom. The van der Waals surface area contributed by atoms with E-state index in [1.54, 1.807) is 25.4 Å². The Labute approximate surface area is 124 Å². The van der Waals surface area contributed by atoms with Crippen molar-refractivity contribution in [1.29, 1.82) is 0 Å². The van der Waals surface area contributed by atoms with Gasteiger partial charge in [-0.05, 0) is 36.4 Å². The molecule has 0 saturated carbocycles. The third-order valence-corrected chi connectivity index (χ3v) is 5.05. The molecule has 0 atom stereocenters. The monoisotopic (exact) mass is 310 g/mol. The number of sulfonamides is 1. The molecule has 1 aromatic carbocycles. The molecule has 1 aromatic heterocycles. The van der Waals surface area contributed by atoms with E-state index in [0.717, 1.165) is 5.69 Å². The van der Waals surface area contributed by atoms with E-state index in [-0.39, 0.29) is 4.90 Å². The predicted octanol–water partition coefficient (Wildman–Crippen LogP) is 2.60. The molecular formula is C14H15ClN2O2S. The van der Waals surface area contributed by atoms with Crippen LogP contribution < -0.4 is 0 Å². The average molecular weight is 311 g/mol. The molecule has 0 saturated heterocycles. The summed E-state index contributed by atoms with van der Waals surface area (Å²) in [4.78, 5) is 4.42. The highest BCUT2D eigenvalue weighted by molar-refractivity contribution is 7.89. The fourth-order valence-corrected chi connectivity index (χ4v) is 3.02. The maximum atomic E-state index is 12.3.